The van der Waals surface area contributed by atoms with E-state index in [0.29, 0.717) is 11.6 Å². The lowest BCUT2D eigenvalue weighted by atomic mass is 10.2. The third kappa shape index (κ3) is 4.90. The standard InChI is InChI=1S/C10H16N2O2S/c1-7(2)4-11-5-9-12-8(6-15-9)3-10(13)14/h6-7,11H,3-5H2,1-2H3,(H,13,14). The van der Waals surface area contributed by atoms with Crippen molar-refractivity contribution in [2.45, 2.75) is 26.8 Å². The van der Waals surface area contributed by atoms with Gasteiger partial charge in [-0.3, -0.25) is 4.79 Å². The number of aliphatic carboxylic acids is 1. The minimum absolute atomic E-state index is 0.0146. The summed E-state index contributed by atoms with van der Waals surface area (Å²) in [5.74, 6) is -0.217. The van der Waals surface area contributed by atoms with Gasteiger partial charge in [0.1, 0.15) is 5.01 Å². The molecule has 4 nitrogen and oxygen atoms in total. The normalized spacial score (nSPS) is 10.9. The Morgan fingerprint density at radius 2 is 2.40 bits per heavy atom. The van der Waals surface area contributed by atoms with E-state index in [2.05, 4.69) is 24.1 Å². The van der Waals surface area contributed by atoms with Crippen LogP contribution in [0.5, 0.6) is 0 Å². The minimum Gasteiger partial charge on any atom is -0.481 e. The predicted molar refractivity (Wildman–Crippen MR) is 60.0 cm³/mol. The van der Waals surface area contributed by atoms with Crippen LogP contribution in [0.25, 0.3) is 0 Å². The van der Waals surface area contributed by atoms with Gasteiger partial charge in [-0.15, -0.1) is 11.3 Å². The molecule has 0 bridgehead atoms. The highest BCUT2D eigenvalue weighted by atomic mass is 32.1. The first-order valence-corrected chi connectivity index (χ1v) is 5.81. The zero-order valence-electron chi connectivity index (χ0n) is 8.99. The summed E-state index contributed by atoms with van der Waals surface area (Å²) < 4.78 is 0. The summed E-state index contributed by atoms with van der Waals surface area (Å²) in [6, 6.07) is 0. The van der Waals surface area contributed by atoms with Gasteiger partial charge in [0, 0.05) is 11.9 Å². The summed E-state index contributed by atoms with van der Waals surface area (Å²) in [6.45, 7) is 5.96. The van der Waals surface area contributed by atoms with Crippen LogP contribution in [-0.2, 0) is 17.8 Å². The lowest BCUT2D eigenvalue weighted by Crippen LogP contribution is -2.18. The van der Waals surface area contributed by atoms with Crippen LogP contribution >= 0.6 is 11.3 Å². The number of thiazole rings is 1. The highest BCUT2D eigenvalue weighted by molar-refractivity contribution is 7.09. The third-order valence-corrected chi connectivity index (χ3v) is 2.66. The molecule has 0 radical (unpaired) electrons. The molecule has 15 heavy (non-hydrogen) atoms. The summed E-state index contributed by atoms with van der Waals surface area (Å²) in [5, 5.41) is 14.6. The summed E-state index contributed by atoms with van der Waals surface area (Å²) in [5.41, 5.74) is 0.647. The zero-order chi connectivity index (χ0) is 11.3. The quantitative estimate of drug-likeness (QED) is 0.775. The Kier molecular flexibility index (Phi) is 4.71. The maximum absolute atomic E-state index is 10.4. The summed E-state index contributed by atoms with van der Waals surface area (Å²) in [6.07, 6.45) is 0.0146. The van der Waals surface area contributed by atoms with Gasteiger partial charge in [-0.1, -0.05) is 13.8 Å². The summed E-state index contributed by atoms with van der Waals surface area (Å²) in [4.78, 5) is 14.7. The largest absolute Gasteiger partial charge is 0.481 e. The predicted octanol–water partition coefficient (Wildman–Crippen LogP) is 1.52. The van der Waals surface area contributed by atoms with Gasteiger partial charge in [0.15, 0.2) is 0 Å². The van der Waals surface area contributed by atoms with Crippen LogP contribution < -0.4 is 5.32 Å². The second-order valence-electron chi connectivity index (χ2n) is 3.83. The first kappa shape index (κ1) is 12.1. The maximum atomic E-state index is 10.4. The molecule has 0 aliphatic carbocycles. The van der Waals surface area contributed by atoms with Crippen molar-refractivity contribution in [2.75, 3.05) is 6.54 Å². The highest BCUT2D eigenvalue weighted by Crippen LogP contribution is 2.10. The Labute approximate surface area is 93.4 Å². The van der Waals surface area contributed by atoms with Gasteiger partial charge >= 0.3 is 5.97 Å². The van der Waals surface area contributed by atoms with Gasteiger partial charge in [0.2, 0.25) is 0 Å². The summed E-state index contributed by atoms with van der Waals surface area (Å²) >= 11 is 1.51. The molecule has 1 rings (SSSR count). The second-order valence-corrected chi connectivity index (χ2v) is 4.77. The summed E-state index contributed by atoms with van der Waals surface area (Å²) in [7, 11) is 0. The molecule has 84 valence electrons. The molecular weight excluding hydrogens is 212 g/mol. The Balaban J connectivity index is 2.36. The molecule has 0 aromatic carbocycles. The fourth-order valence-electron chi connectivity index (χ4n) is 1.13. The lowest BCUT2D eigenvalue weighted by molar-refractivity contribution is -0.136. The molecule has 0 aliphatic heterocycles. The smallest absolute Gasteiger partial charge is 0.309 e. The fourth-order valence-corrected chi connectivity index (χ4v) is 1.90. The van der Waals surface area contributed by atoms with Gasteiger partial charge in [0.05, 0.1) is 12.1 Å². The molecule has 0 fully saturated rings. The van der Waals surface area contributed by atoms with Crippen LogP contribution in [0.2, 0.25) is 0 Å². The van der Waals surface area contributed by atoms with E-state index in [-0.39, 0.29) is 6.42 Å². The van der Waals surface area contributed by atoms with Crippen molar-refractivity contribution in [1.29, 1.82) is 0 Å². The van der Waals surface area contributed by atoms with E-state index in [4.69, 9.17) is 5.11 Å². The maximum Gasteiger partial charge on any atom is 0.309 e. The molecule has 0 unspecified atom stereocenters. The molecule has 0 saturated carbocycles. The lowest BCUT2D eigenvalue weighted by Gasteiger charge is -2.04. The number of rotatable bonds is 6. The molecule has 5 heteroatoms. The Morgan fingerprint density at radius 3 is 3.00 bits per heavy atom. The number of carbonyl (C=O) groups is 1. The third-order valence-electron chi connectivity index (χ3n) is 1.76. The van der Waals surface area contributed by atoms with Crippen molar-refractivity contribution in [3.05, 3.63) is 16.1 Å². The number of aromatic nitrogens is 1. The number of hydrogen-bond donors (Lipinski definition) is 2. The minimum atomic E-state index is -0.831. The van der Waals surface area contributed by atoms with Gasteiger partial charge < -0.3 is 10.4 Å². The number of nitrogens with zero attached hydrogens (tertiary/aromatic N) is 1. The molecular formula is C10H16N2O2S. The second kappa shape index (κ2) is 5.82. The van der Waals surface area contributed by atoms with E-state index >= 15 is 0 Å². The van der Waals surface area contributed by atoms with E-state index < -0.39 is 5.97 Å². The number of nitrogens with one attached hydrogen (secondary N) is 1. The van der Waals surface area contributed by atoms with E-state index in [1.54, 1.807) is 5.38 Å². The van der Waals surface area contributed by atoms with E-state index in [9.17, 15) is 4.79 Å². The van der Waals surface area contributed by atoms with E-state index in [1.807, 2.05) is 0 Å². The SMILES string of the molecule is CC(C)CNCc1nc(CC(=O)O)cs1. The molecule has 0 spiro atoms. The number of hydrogen-bond acceptors (Lipinski definition) is 4. The number of carboxylic acid groups (broad SMARTS) is 1. The van der Waals surface area contributed by atoms with E-state index in [0.717, 1.165) is 18.1 Å². The zero-order valence-corrected chi connectivity index (χ0v) is 9.80. The van der Waals surface area contributed by atoms with Gasteiger partial charge in [-0.2, -0.15) is 0 Å². The molecule has 1 heterocycles. The average molecular weight is 228 g/mol. The van der Waals surface area contributed by atoms with Crippen molar-refractivity contribution in [1.82, 2.24) is 10.3 Å². The number of carboxylic acids is 1. The van der Waals surface area contributed by atoms with Gasteiger partial charge in [-0.05, 0) is 12.5 Å². The van der Waals surface area contributed by atoms with Crippen LogP contribution in [-0.4, -0.2) is 22.6 Å². The van der Waals surface area contributed by atoms with Gasteiger partial charge in [0.25, 0.3) is 0 Å². The highest BCUT2D eigenvalue weighted by Gasteiger charge is 2.05. The molecule has 1 aromatic heterocycles. The molecule has 0 atom stereocenters. The van der Waals surface area contributed by atoms with Crippen molar-refractivity contribution in [3.63, 3.8) is 0 Å². The first-order valence-electron chi connectivity index (χ1n) is 4.93. The van der Waals surface area contributed by atoms with Crippen molar-refractivity contribution < 1.29 is 9.90 Å². The monoisotopic (exact) mass is 228 g/mol. The fraction of sp³-hybridized carbons (Fsp3) is 0.600. The molecule has 0 saturated heterocycles. The molecule has 0 amide bonds. The molecule has 1 aromatic rings. The Hall–Kier alpha value is -0.940. The van der Waals surface area contributed by atoms with Crippen molar-refractivity contribution in [2.24, 2.45) is 5.92 Å². The van der Waals surface area contributed by atoms with Gasteiger partial charge in [-0.25, -0.2) is 4.98 Å². The molecule has 2 N–H and O–H groups in total. The van der Waals surface area contributed by atoms with E-state index in [1.165, 1.54) is 11.3 Å². The Morgan fingerprint density at radius 1 is 1.67 bits per heavy atom. The van der Waals surface area contributed by atoms with Crippen LogP contribution in [0, 0.1) is 5.92 Å². The van der Waals surface area contributed by atoms with Crippen LogP contribution in [0.15, 0.2) is 5.38 Å². The molecule has 0 aliphatic rings. The Bertz CT molecular complexity index is 323. The van der Waals surface area contributed by atoms with Crippen molar-refractivity contribution >= 4 is 17.3 Å². The topological polar surface area (TPSA) is 62.2 Å². The van der Waals surface area contributed by atoms with Crippen molar-refractivity contribution in [3.8, 4) is 0 Å². The first-order chi connectivity index (χ1) is 7.08. The van der Waals surface area contributed by atoms with Crippen LogP contribution in [0.4, 0.5) is 0 Å². The average Bonchev–Trinajstić information content (AvgIpc) is 2.50. The van der Waals surface area contributed by atoms with Crippen LogP contribution in [0.3, 0.4) is 0 Å². The van der Waals surface area contributed by atoms with Crippen LogP contribution in [0.1, 0.15) is 24.5 Å².